The highest BCUT2D eigenvalue weighted by atomic mass is 32.2. The molecule has 27 heavy (non-hydrogen) atoms. The molecule has 0 amide bonds. The van der Waals surface area contributed by atoms with E-state index in [2.05, 4.69) is 22.2 Å². The van der Waals surface area contributed by atoms with Crippen LogP contribution in [0.2, 0.25) is 0 Å². The molecule has 1 aliphatic heterocycles. The molecule has 8 heteroatoms. The summed E-state index contributed by atoms with van der Waals surface area (Å²) in [5, 5.41) is 3.22. The van der Waals surface area contributed by atoms with E-state index in [1.165, 1.54) is 10.5 Å². The van der Waals surface area contributed by atoms with Crippen LogP contribution in [-0.2, 0) is 14.8 Å². The molecule has 0 bridgehead atoms. The lowest BCUT2D eigenvalue weighted by Gasteiger charge is -2.30. The fourth-order valence-corrected chi connectivity index (χ4v) is 4.48. The number of likely N-dealkylation sites (N-methyl/N-ethyl adjacent to an activating group) is 1. The van der Waals surface area contributed by atoms with Gasteiger partial charge in [0.15, 0.2) is 0 Å². The van der Waals surface area contributed by atoms with Gasteiger partial charge in [-0.15, -0.1) is 0 Å². The maximum absolute atomic E-state index is 13.0. The van der Waals surface area contributed by atoms with Gasteiger partial charge in [-0.05, 0) is 38.2 Å². The predicted octanol–water partition coefficient (Wildman–Crippen LogP) is 2.04. The largest absolute Gasteiger partial charge is 0.374 e. The van der Waals surface area contributed by atoms with Crippen LogP contribution in [0.1, 0.15) is 6.92 Å². The first-order valence-electron chi connectivity index (χ1n) is 9.08. The number of para-hydroxylation sites is 1. The summed E-state index contributed by atoms with van der Waals surface area (Å²) in [5.74, 6) is 0.633. The Labute approximate surface area is 161 Å². The summed E-state index contributed by atoms with van der Waals surface area (Å²) in [6.07, 6.45) is 1.50. The monoisotopic (exact) mass is 390 g/mol. The van der Waals surface area contributed by atoms with Gasteiger partial charge in [-0.2, -0.15) is 0 Å². The van der Waals surface area contributed by atoms with Crippen molar-refractivity contribution in [3.63, 3.8) is 0 Å². The standard InChI is InChI=1S/C19H26N4O3S/c1-3-23(16-7-5-4-6-8-16)27(24,25)18-9-10-19(21-14-18)20-13-17-15-22(2)11-12-26-17/h4-10,14,17H,3,11-13,15H2,1-2H3,(H,20,21). The van der Waals surface area contributed by atoms with Gasteiger partial charge < -0.3 is 15.0 Å². The average Bonchev–Trinajstić information content (AvgIpc) is 2.68. The van der Waals surface area contributed by atoms with Crippen molar-refractivity contribution in [2.75, 3.05) is 49.5 Å². The van der Waals surface area contributed by atoms with Crippen LogP contribution in [0.4, 0.5) is 11.5 Å². The molecule has 1 aliphatic rings. The number of sulfonamides is 1. The first kappa shape index (κ1) is 19.6. The number of rotatable bonds is 7. The summed E-state index contributed by atoms with van der Waals surface area (Å²) in [6.45, 7) is 5.32. The number of ether oxygens (including phenoxy) is 1. The highest BCUT2D eigenvalue weighted by molar-refractivity contribution is 7.92. The van der Waals surface area contributed by atoms with E-state index in [1.54, 1.807) is 24.3 Å². The second kappa shape index (κ2) is 8.69. The van der Waals surface area contributed by atoms with Crippen LogP contribution in [0, 0.1) is 0 Å². The molecular weight excluding hydrogens is 364 g/mol. The van der Waals surface area contributed by atoms with Crippen molar-refractivity contribution < 1.29 is 13.2 Å². The van der Waals surface area contributed by atoms with Crippen LogP contribution in [0.5, 0.6) is 0 Å². The molecular formula is C19H26N4O3S. The van der Waals surface area contributed by atoms with E-state index in [0.29, 0.717) is 24.6 Å². The Balaban J connectivity index is 1.68. The van der Waals surface area contributed by atoms with Gasteiger partial charge in [0.2, 0.25) is 0 Å². The van der Waals surface area contributed by atoms with Gasteiger partial charge in [0.1, 0.15) is 10.7 Å². The molecule has 1 N–H and O–H groups in total. The van der Waals surface area contributed by atoms with Crippen molar-refractivity contribution in [3.8, 4) is 0 Å². The molecule has 2 heterocycles. The van der Waals surface area contributed by atoms with Gasteiger partial charge in [0.05, 0.1) is 18.4 Å². The van der Waals surface area contributed by atoms with Crippen molar-refractivity contribution in [2.45, 2.75) is 17.9 Å². The van der Waals surface area contributed by atoms with Crippen molar-refractivity contribution in [2.24, 2.45) is 0 Å². The third kappa shape index (κ3) is 4.77. The van der Waals surface area contributed by atoms with Gasteiger partial charge in [-0.25, -0.2) is 13.4 Å². The number of pyridine rings is 1. The fourth-order valence-electron chi connectivity index (χ4n) is 3.06. The van der Waals surface area contributed by atoms with Crippen LogP contribution in [0.15, 0.2) is 53.6 Å². The summed E-state index contributed by atoms with van der Waals surface area (Å²) in [6, 6.07) is 12.4. The van der Waals surface area contributed by atoms with E-state index >= 15 is 0 Å². The molecule has 1 fully saturated rings. The topological polar surface area (TPSA) is 74.8 Å². The zero-order valence-electron chi connectivity index (χ0n) is 15.7. The van der Waals surface area contributed by atoms with Gasteiger partial charge in [0.25, 0.3) is 10.0 Å². The first-order chi connectivity index (χ1) is 13.0. The molecule has 0 radical (unpaired) electrons. The van der Waals surface area contributed by atoms with E-state index in [9.17, 15) is 8.42 Å². The van der Waals surface area contributed by atoms with Crippen LogP contribution >= 0.6 is 0 Å². The van der Waals surface area contributed by atoms with Crippen molar-refractivity contribution in [1.82, 2.24) is 9.88 Å². The Bertz CT molecular complexity index is 828. The Morgan fingerprint density at radius 1 is 1.26 bits per heavy atom. The normalized spacial score (nSPS) is 18.2. The second-order valence-corrected chi connectivity index (χ2v) is 8.38. The number of anilines is 2. The third-order valence-corrected chi connectivity index (χ3v) is 6.39. The maximum atomic E-state index is 13.0. The SMILES string of the molecule is CCN(c1ccccc1)S(=O)(=O)c1ccc(NCC2CN(C)CCO2)nc1. The Morgan fingerprint density at radius 3 is 2.67 bits per heavy atom. The molecule has 146 valence electrons. The number of nitrogens with one attached hydrogen (secondary N) is 1. The van der Waals surface area contributed by atoms with Crippen molar-refractivity contribution in [1.29, 1.82) is 0 Å². The highest BCUT2D eigenvalue weighted by Gasteiger charge is 2.24. The number of hydrogen-bond donors (Lipinski definition) is 1. The molecule has 0 spiro atoms. The first-order valence-corrected chi connectivity index (χ1v) is 10.5. The molecule has 2 aromatic rings. The highest BCUT2D eigenvalue weighted by Crippen LogP contribution is 2.23. The summed E-state index contributed by atoms with van der Waals surface area (Å²) in [4.78, 5) is 6.67. The molecule has 1 saturated heterocycles. The lowest BCUT2D eigenvalue weighted by Crippen LogP contribution is -2.43. The number of nitrogens with zero attached hydrogens (tertiary/aromatic N) is 3. The van der Waals surface area contributed by atoms with Gasteiger partial charge in [-0.1, -0.05) is 18.2 Å². The van der Waals surface area contributed by atoms with E-state index in [4.69, 9.17) is 4.74 Å². The van der Waals surface area contributed by atoms with Crippen molar-refractivity contribution >= 4 is 21.5 Å². The zero-order valence-corrected chi connectivity index (χ0v) is 16.5. The quantitative estimate of drug-likeness (QED) is 0.780. The zero-order chi connectivity index (χ0) is 19.3. The summed E-state index contributed by atoms with van der Waals surface area (Å²) in [7, 11) is -1.58. The van der Waals surface area contributed by atoms with Crippen LogP contribution in [0.25, 0.3) is 0 Å². The minimum atomic E-state index is -3.65. The van der Waals surface area contributed by atoms with Crippen LogP contribution < -0.4 is 9.62 Å². The molecule has 1 atom stereocenters. The predicted molar refractivity (Wildman–Crippen MR) is 107 cm³/mol. The average molecular weight is 391 g/mol. The molecule has 0 aliphatic carbocycles. The fraction of sp³-hybridized carbons (Fsp3) is 0.421. The van der Waals surface area contributed by atoms with Gasteiger partial charge >= 0.3 is 0 Å². The molecule has 7 nitrogen and oxygen atoms in total. The molecule has 3 rings (SSSR count). The molecule has 0 saturated carbocycles. The number of benzene rings is 1. The van der Waals surface area contributed by atoms with Gasteiger partial charge in [0, 0.05) is 32.4 Å². The van der Waals surface area contributed by atoms with E-state index in [-0.39, 0.29) is 11.0 Å². The second-order valence-electron chi connectivity index (χ2n) is 6.52. The summed E-state index contributed by atoms with van der Waals surface area (Å²) in [5.41, 5.74) is 0.640. The summed E-state index contributed by atoms with van der Waals surface area (Å²) >= 11 is 0. The lowest BCUT2D eigenvalue weighted by atomic mass is 10.3. The smallest absolute Gasteiger partial charge is 0.265 e. The van der Waals surface area contributed by atoms with Crippen LogP contribution in [-0.4, -0.2) is 64.2 Å². The number of morpholine rings is 1. The molecule has 1 aromatic carbocycles. The van der Waals surface area contributed by atoms with E-state index in [1.807, 2.05) is 25.1 Å². The minimum Gasteiger partial charge on any atom is -0.374 e. The summed E-state index contributed by atoms with van der Waals surface area (Å²) < 4.78 is 33.0. The lowest BCUT2D eigenvalue weighted by molar-refractivity contribution is -0.0117. The molecule has 1 unspecified atom stereocenters. The van der Waals surface area contributed by atoms with Crippen molar-refractivity contribution in [3.05, 3.63) is 48.7 Å². The maximum Gasteiger partial charge on any atom is 0.265 e. The minimum absolute atomic E-state index is 0.0997. The molecule has 1 aromatic heterocycles. The van der Waals surface area contributed by atoms with E-state index < -0.39 is 10.0 Å². The van der Waals surface area contributed by atoms with E-state index in [0.717, 1.165) is 19.7 Å². The Kier molecular flexibility index (Phi) is 6.30. The number of hydrogen-bond acceptors (Lipinski definition) is 6. The Morgan fingerprint density at radius 2 is 2.04 bits per heavy atom. The Hall–Kier alpha value is -2.16. The van der Waals surface area contributed by atoms with Crippen LogP contribution in [0.3, 0.4) is 0 Å². The van der Waals surface area contributed by atoms with Gasteiger partial charge in [-0.3, -0.25) is 4.31 Å². The number of aromatic nitrogens is 1. The third-order valence-electron chi connectivity index (χ3n) is 4.51.